The summed E-state index contributed by atoms with van der Waals surface area (Å²) >= 11 is 1.34. The molecule has 1 nitrogen and oxygen atoms in total. The van der Waals surface area contributed by atoms with Gasteiger partial charge < -0.3 is 5.11 Å². The van der Waals surface area contributed by atoms with E-state index in [-0.39, 0.29) is 11.6 Å². The minimum atomic E-state index is -0.339. The highest BCUT2D eigenvalue weighted by Gasteiger charge is 2.01. The predicted octanol–water partition coefficient (Wildman–Crippen LogP) is 3.04. The lowest BCUT2D eigenvalue weighted by Gasteiger charge is -2.00. The van der Waals surface area contributed by atoms with E-state index < -0.39 is 0 Å². The number of aromatic hydroxyl groups is 1. The van der Waals surface area contributed by atoms with E-state index in [4.69, 9.17) is 0 Å². The largest absolute Gasteiger partial charge is 0.507 e. The van der Waals surface area contributed by atoms with Crippen LogP contribution in [0.15, 0.2) is 23.1 Å². The molecule has 0 aliphatic rings. The maximum absolute atomic E-state index is 12.8. The Hall–Kier alpha value is -1.14. The molecule has 0 aliphatic carbocycles. The first-order chi connectivity index (χ1) is 6.74. The predicted molar refractivity (Wildman–Crippen MR) is 56.9 cm³/mol. The molecule has 0 radical (unpaired) electrons. The SMILES string of the molecule is CCC#CCSc1cc(F)ccc1O. The number of phenols is 1. The maximum Gasteiger partial charge on any atom is 0.129 e. The Morgan fingerprint density at radius 3 is 2.93 bits per heavy atom. The van der Waals surface area contributed by atoms with Crippen LogP contribution in [0.2, 0.25) is 0 Å². The van der Waals surface area contributed by atoms with Crippen LogP contribution in [0.5, 0.6) is 5.75 Å². The fraction of sp³-hybridized carbons (Fsp3) is 0.273. The summed E-state index contributed by atoms with van der Waals surface area (Å²) in [6.45, 7) is 1.97. The van der Waals surface area contributed by atoms with Crippen molar-refractivity contribution in [1.29, 1.82) is 0 Å². The second kappa shape index (κ2) is 5.56. The van der Waals surface area contributed by atoms with Crippen LogP contribution < -0.4 is 0 Å². The van der Waals surface area contributed by atoms with Gasteiger partial charge in [0.25, 0.3) is 0 Å². The van der Waals surface area contributed by atoms with Crippen LogP contribution >= 0.6 is 11.8 Å². The number of hydrogen-bond acceptors (Lipinski definition) is 2. The van der Waals surface area contributed by atoms with Crippen molar-refractivity contribution in [3.63, 3.8) is 0 Å². The minimum Gasteiger partial charge on any atom is -0.507 e. The van der Waals surface area contributed by atoms with Gasteiger partial charge in [-0.1, -0.05) is 12.8 Å². The molecule has 0 aliphatic heterocycles. The Labute approximate surface area is 87.3 Å². The molecule has 1 aromatic rings. The first-order valence-electron chi connectivity index (χ1n) is 4.31. The van der Waals surface area contributed by atoms with E-state index in [9.17, 15) is 9.50 Å². The van der Waals surface area contributed by atoms with Gasteiger partial charge in [0.1, 0.15) is 11.6 Å². The molecule has 14 heavy (non-hydrogen) atoms. The summed E-state index contributed by atoms with van der Waals surface area (Å²) < 4.78 is 12.8. The molecule has 0 aromatic heterocycles. The molecule has 0 atom stereocenters. The van der Waals surface area contributed by atoms with Crippen LogP contribution in [0.1, 0.15) is 13.3 Å². The third-order valence-corrected chi connectivity index (χ3v) is 2.45. The van der Waals surface area contributed by atoms with Gasteiger partial charge in [-0.3, -0.25) is 0 Å². The zero-order chi connectivity index (χ0) is 10.4. The van der Waals surface area contributed by atoms with Gasteiger partial charge in [0, 0.05) is 6.42 Å². The number of phenolic OH excluding ortho intramolecular Hbond substituents is 1. The molecule has 1 N–H and O–H groups in total. The van der Waals surface area contributed by atoms with Gasteiger partial charge in [-0.05, 0) is 18.2 Å². The maximum atomic E-state index is 12.8. The number of halogens is 1. The fourth-order valence-corrected chi connectivity index (χ4v) is 1.64. The molecular formula is C11H11FOS. The van der Waals surface area contributed by atoms with Crippen molar-refractivity contribution >= 4 is 11.8 Å². The van der Waals surface area contributed by atoms with Crippen LogP contribution in [0.3, 0.4) is 0 Å². The molecule has 74 valence electrons. The molecule has 0 spiro atoms. The minimum absolute atomic E-state index is 0.106. The third kappa shape index (κ3) is 3.31. The van der Waals surface area contributed by atoms with Gasteiger partial charge in [0.15, 0.2) is 0 Å². The molecule has 3 heteroatoms. The molecule has 0 saturated carbocycles. The quantitative estimate of drug-likeness (QED) is 0.598. The van der Waals surface area contributed by atoms with Crippen LogP contribution in [-0.4, -0.2) is 10.9 Å². The highest BCUT2D eigenvalue weighted by atomic mass is 32.2. The van der Waals surface area contributed by atoms with Crippen LogP contribution in [0.4, 0.5) is 4.39 Å². The molecule has 0 bridgehead atoms. The highest BCUT2D eigenvalue weighted by molar-refractivity contribution is 7.99. The van der Waals surface area contributed by atoms with Gasteiger partial charge in [-0.25, -0.2) is 4.39 Å². The summed E-state index contributed by atoms with van der Waals surface area (Å²) in [5, 5.41) is 9.36. The lowest BCUT2D eigenvalue weighted by atomic mass is 10.3. The topological polar surface area (TPSA) is 20.2 Å². The van der Waals surface area contributed by atoms with E-state index in [0.717, 1.165) is 6.42 Å². The van der Waals surface area contributed by atoms with E-state index in [0.29, 0.717) is 10.6 Å². The molecule has 0 heterocycles. The highest BCUT2D eigenvalue weighted by Crippen LogP contribution is 2.28. The smallest absolute Gasteiger partial charge is 0.129 e. The Kier molecular flexibility index (Phi) is 4.34. The second-order valence-corrected chi connectivity index (χ2v) is 3.63. The Bertz CT molecular complexity index is 365. The molecule has 0 unspecified atom stereocenters. The monoisotopic (exact) mass is 210 g/mol. The lowest BCUT2D eigenvalue weighted by Crippen LogP contribution is -1.79. The van der Waals surface area contributed by atoms with Crippen LogP contribution in [0.25, 0.3) is 0 Å². The van der Waals surface area contributed by atoms with Crippen molar-refractivity contribution < 1.29 is 9.50 Å². The van der Waals surface area contributed by atoms with Crippen molar-refractivity contribution in [1.82, 2.24) is 0 Å². The van der Waals surface area contributed by atoms with Crippen LogP contribution in [-0.2, 0) is 0 Å². The van der Waals surface area contributed by atoms with Gasteiger partial charge in [0.2, 0.25) is 0 Å². The Morgan fingerprint density at radius 2 is 2.21 bits per heavy atom. The van der Waals surface area contributed by atoms with Crippen molar-refractivity contribution in [2.24, 2.45) is 0 Å². The number of hydrogen-bond donors (Lipinski definition) is 1. The molecule has 0 amide bonds. The van der Waals surface area contributed by atoms with Gasteiger partial charge >= 0.3 is 0 Å². The zero-order valence-corrected chi connectivity index (χ0v) is 8.70. The standard InChI is InChI=1S/C11H11FOS/c1-2-3-4-7-14-11-8-9(12)5-6-10(11)13/h5-6,8,13H,2,7H2,1H3. The van der Waals surface area contributed by atoms with E-state index >= 15 is 0 Å². The second-order valence-electron chi connectivity index (χ2n) is 2.61. The van der Waals surface area contributed by atoms with Gasteiger partial charge in [0.05, 0.1) is 10.6 Å². The summed E-state index contributed by atoms with van der Waals surface area (Å²) in [6.07, 6.45) is 0.815. The number of benzene rings is 1. The summed E-state index contributed by atoms with van der Waals surface area (Å²) in [4.78, 5) is 0.537. The zero-order valence-electron chi connectivity index (χ0n) is 7.88. The van der Waals surface area contributed by atoms with Gasteiger partial charge in [-0.2, -0.15) is 0 Å². The van der Waals surface area contributed by atoms with Crippen molar-refractivity contribution in [3.8, 4) is 17.6 Å². The van der Waals surface area contributed by atoms with Crippen molar-refractivity contribution in [2.45, 2.75) is 18.2 Å². The summed E-state index contributed by atoms with van der Waals surface area (Å²) in [5.74, 6) is 6.16. The van der Waals surface area contributed by atoms with Crippen LogP contribution in [0, 0.1) is 17.7 Å². The first-order valence-corrected chi connectivity index (χ1v) is 5.29. The molecule has 0 saturated heterocycles. The average molecular weight is 210 g/mol. The van der Waals surface area contributed by atoms with Crippen molar-refractivity contribution in [2.75, 3.05) is 5.75 Å². The molecule has 1 rings (SSSR count). The molecular weight excluding hydrogens is 199 g/mol. The normalized spacial score (nSPS) is 9.29. The average Bonchev–Trinajstić information content (AvgIpc) is 2.18. The third-order valence-electron chi connectivity index (χ3n) is 1.52. The molecule has 0 fully saturated rings. The summed E-state index contributed by atoms with van der Waals surface area (Å²) in [6, 6.07) is 3.90. The van der Waals surface area contributed by atoms with E-state index in [1.807, 2.05) is 6.92 Å². The number of thioether (sulfide) groups is 1. The Morgan fingerprint density at radius 1 is 1.43 bits per heavy atom. The molecule has 1 aromatic carbocycles. The lowest BCUT2D eigenvalue weighted by molar-refractivity contribution is 0.459. The van der Waals surface area contributed by atoms with Gasteiger partial charge in [-0.15, -0.1) is 17.7 Å². The van der Waals surface area contributed by atoms with E-state index in [1.54, 1.807) is 0 Å². The first kappa shape index (κ1) is 10.9. The fourth-order valence-electron chi connectivity index (χ4n) is 0.893. The Balaban J connectivity index is 2.62. The van der Waals surface area contributed by atoms with E-state index in [1.165, 1.54) is 30.0 Å². The summed E-state index contributed by atoms with van der Waals surface area (Å²) in [7, 11) is 0. The van der Waals surface area contributed by atoms with Crippen molar-refractivity contribution in [3.05, 3.63) is 24.0 Å². The van der Waals surface area contributed by atoms with E-state index in [2.05, 4.69) is 11.8 Å². The summed E-state index contributed by atoms with van der Waals surface area (Å²) in [5.41, 5.74) is 0. The number of rotatable bonds is 2.